The van der Waals surface area contributed by atoms with E-state index >= 15 is 0 Å². The van der Waals surface area contributed by atoms with Crippen molar-refractivity contribution in [2.75, 3.05) is 13.2 Å². The van der Waals surface area contributed by atoms with Gasteiger partial charge in [-0.3, -0.25) is 0 Å². The summed E-state index contributed by atoms with van der Waals surface area (Å²) in [5.41, 5.74) is 0.567. The molecular formula is C14H20BrNO4S. The molecule has 1 aromatic rings. The molecule has 1 aromatic carbocycles. The van der Waals surface area contributed by atoms with E-state index in [0.29, 0.717) is 23.2 Å². The topological polar surface area (TPSA) is 75.6 Å². The number of halogens is 1. The van der Waals surface area contributed by atoms with Gasteiger partial charge in [-0.1, -0.05) is 6.07 Å². The normalized spacial score (nSPS) is 18.6. The molecule has 21 heavy (non-hydrogen) atoms. The van der Waals surface area contributed by atoms with Crippen LogP contribution in [0, 0.1) is 5.92 Å². The van der Waals surface area contributed by atoms with E-state index in [-0.39, 0.29) is 23.5 Å². The number of rotatable bonds is 5. The average molecular weight is 378 g/mol. The van der Waals surface area contributed by atoms with Crippen LogP contribution < -0.4 is 4.72 Å². The van der Waals surface area contributed by atoms with Gasteiger partial charge in [-0.15, -0.1) is 0 Å². The van der Waals surface area contributed by atoms with Gasteiger partial charge in [0.2, 0.25) is 10.0 Å². The van der Waals surface area contributed by atoms with Crippen LogP contribution in [0.15, 0.2) is 27.6 Å². The van der Waals surface area contributed by atoms with Gasteiger partial charge >= 0.3 is 0 Å². The first-order chi connectivity index (χ1) is 9.94. The SMILES string of the molecule is CC(NS(=O)(=O)c1cc(CO)ccc1Br)C1CCOCC1. The first-order valence-electron chi connectivity index (χ1n) is 6.93. The number of sulfonamides is 1. The second-order valence-corrected chi connectivity index (χ2v) is 7.82. The third-order valence-electron chi connectivity index (χ3n) is 3.78. The lowest BCUT2D eigenvalue weighted by Gasteiger charge is -2.28. The highest BCUT2D eigenvalue weighted by molar-refractivity contribution is 9.10. The van der Waals surface area contributed by atoms with Crippen LogP contribution in [-0.2, 0) is 21.4 Å². The Bertz CT molecular complexity index is 585. The van der Waals surface area contributed by atoms with Crippen LogP contribution in [0.25, 0.3) is 0 Å². The largest absolute Gasteiger partial charge is 0.392 e. The predicted octanol–water partition coefficient (Wildman–Crippen LogP) is 2.03. The third-order valence-corrected chi connectivity index (χ3v) is 6.33. The molecule has 0 aromatic heterocycles. The molecule has 1 heterocycles. The highest BCUT2D eigenvalue weighted by Crippen LogP contribution is 2.25. The van der Waals surface area contributed by atoms with Crippen molar-refractivity contribution in [3.8, 4) is 0 Å². The van der Waals surface area contributed by atoms with Crippen LogP contribution in [0.5, 0.6) is 0 Å². The van der Waals surface area contributed by atoms with E-state index in [2.05, 4.69) is 20.7 Å². The molecule has 1 saturated heterocycles. The predicted molar refractivity (Wildman–Crippen MR) is 83.4 cm³/mol. The quantitative estimate of drug-likeness (QED) is 0.822. The number of benzene rings is 1. The highest BCUT2D eigenvalue weighted by Gasteiger charge is 2.26. The van der Waals surface area contributed by atoms with Gasteiger partial charge in [-0.2, -0.15) is 0 Å². The molecule has 1 aliphatic heterocycles. The first-order valence-corrected chi connectivity index (χ1v) is 9.21. The molecule has 2 rings (SSSR count). The number of nitrogens with one attached hydrogen (secondary N) is 1. The minimum absolute atomic E-state index is 0.149. The van der Waals surface area contributed by atoms with Gasteiger partial charge in [0.15, 0.2) is 0 Å². The summed E-state index contributed by atoms with van der Waals surface area (Å²) in [4.78, 5) is 0.160. The number of aliphatic hydroxyl groups excluding tert-OH is 1. The molecule has 0 spiro atoms. The molecule has 0 amide bonds. The Morgan fingerprint density at radius 1 is 1.43 bits per heavy atom. The van der Waals surface area contributed by atoms with E-state index in [4.69, 9.17) is 9.84 Å². The lowest BCUT2D eigenvalue weighted by molar-refractivity contribution is 0.0585. The van der Waals surface area contributed by atoms with Crippen LogP contribution in [-0.4, -0.2) is 32.8 Å². The summed E-state index contributed by atoms with van der Waals surface area (Å²) in [5.74, 6) is 0.285. The molecular weight excluding hydrogens is 358 g/mol. The molecule has 0 saturated carbocycles. The van der Waals surface area contributed by atoms with Crippen molar-refractivity contribution >= 4 is 26.0 Å². The van der Waals surface area contributed by atoms with Crippen molar-refractivity contribution < 1.29 is 18.3 Å². The summed E-state index contributed by atoms with van der Waals surface area (Å²) in [6.07, 6.45) is 1.73. The number of hydrogen-bond acceptors (Lipinski definition) is 4. The van der Waals surface area contributed by atoms with E-state index in [1.54, 1.807) is 12.1 Å². The van der Waals surface area contributed by atoms with Crippen molar-refractivity contribution in [1.29, 1.82) is 0 Å². The third kappa shape index (κ3) is 4.26. The van der Waals surface area contributed by atoms with E-state index in [9.17, 15) is 8.42 Å². The molecule has 5 nitrogen and oxygen atoms in total. The van der Waals surface area contributed by atoms with E-state index in [1.807, 2.05) is 6.92 Å². The van der Waals surface area contributed by atoms with E-state index in [1.165, 1.54) is 6.07 Å². The standard InChI is InChI=1S/C14H20BrNO4S/c1-10(12-4-6-20-7-5-12)16-21(18,19)14-8-11(9-17)2-3-13(14)15/h2-3,8,10,12,16-17H,4-7,9H2,1H3. The van der Waals surface area contributed by atoms with Crippen LogP contribution in [0.1, 0.15) is 25.3 Å². The Morgan fingerprint density at radius 3 is 2.71 bits per heavy atom. The molecule has 0 bridgehead atoms. The fourth-order valence-electron chi connectivity index (χ4n) is 2.47. The van der Waals surface area contributed by atoms with Crippen molar-refractivity contribution in [3.05, 3.63) is 28.2 Å². The minimum atomic E-state index is -3.62. The Balaban J connectivity index is 2.17. The minimum Gasteiger partial charge on any atom is -0.392 e. The molecule has 1 fully saturated rings. The van der Waals surface area contributed by atoms with E-state index in [0.717, 1.165) is 12.8 Å². The van der Waals surface area contributed by atoms with Gasteiger partial charge in [0.25, 0.3) is 0 Å². The second kappa shape index (κ2) is 7.19. The van der Waals surface area contributed by atoms with Gasteiger partial charge in [-0.05, 0) is 59.3 Å². The first kappa shape index (κ1) is 16.9. The zero-order valence-corrected chi connectivity index (χ0v) is 14.3. The molecule has 118 valence electrons. The van der Waals surface area contributed by atoms with Gasteiger partial charge in [0.05, 0.1) is 11.5 Å². The highest BCUT2D eigenvalue weighted by atomic mass is 79.9. The summed E-state index contributed by atoms with van der Waals surface area (Å²) in [5, 5.41) is 9.16. The lowest BCUT2D eigenvalue weighted by atomic mass is 9.94. The van der Waals surface area contributed by atoms with Crippen molar-refractivity contribution in [2.24, 2.45) is 5.92 Å². The maximum Gasteiger partial charge on any atom is 0.241 e. The lowest BCUT2D eigenvalue weighted by Crippen LogP contribution is -2.40. The van der Waals surface area contributed by atoms with Crippen molar-refractivity contribution in [1.82, 2.24) is 4.72 Å². The molecule has 0 aliphatic carbocycles. The van der Waals surface area contributed by atoms with Crippen LogP contribution in [0.3, 0.4) is 0 Å². The molecule has 7 heteroatoms. The summed E-state index contributed by atoms with van der Waals surface area (Å²) < 4.78 is 33.6. The van der Waals surface area contributed by atoms with Gasteiger partial charge in [0, 0.05) is 23.7 Å². The molecule has 1 unspecified atom stereocenters. The summed E-state index contributed by atoms with van der Waals surface area (Å²) in [6, 6.07) is 4.66. The van der Waals surface area contributed by atoms with Gasteiger partial charge in [-0.25, -0.2) is 13.1 Å². The summed E-state index contributed by atoms with van der Waals surface area (Å²) in [7, 11) is -3.62. The van der Waals surface area contributed by atoms with Crippen LogP contribution >= 0.6 is 15.9 Å². The fraction of sp³-hybridized carbons (Fsp3) is 0.571. The van der Waals surface area contributed by atoms with Crippen molar-refractivity contribution in [2.45, 2.75) is 37.3 Å². The number of aliphatic hydroxyl groups is 1. The summed E-state index contributed by atoms with van der Waals surface area (Å²) in [6.45, 7) is 3.06. The molecule has 1 atom stereocenters. The van der Waals surface area contributed by atoms with Gasteiger partial charge in [0.1, 0.15) is 0 Å². The number of hydrogen-bond donors (Lipinski definition) is 2. The Morgan fingerprint density at radius 2 is 2.10 bits per heavy atom. The Kier molecular flexibility index (Phi) is 5.79. The van der Waals surface area contributed by atoms with Crippen molar-refractivity contribution in [3.63, 3.8) is 0 Å². The fourth-order valence-corrected chi connectivity index (χ4v) is 4.80. The average Bonchev–Trinajstić information content (AvgIpc) is 2.48. The summed E-state index contributed by atoms with van der Waals surface area (Å²) >= 11 is 3.26. The Hall–Kier alpha value is -0.470. The maximum atomic E-state index is 12.5. The Labute approximate surface area is 133 Å². The molecule has 0 radical (unpaired) electrons. The van der Waals surface area contributed by atoms with Crippen LogP contribution in [0.2, 0.25) is 0 Å². The number of ether oxygens (including phenoxy) is 1. The van der Waals surface area contributed by atoms with E-state index < -0.39 is 10.0 Å². The zero-order valence-electron chi connectivity index (χ0n) is 11.9. The monoisotopic (exact) mass is 377 g/mol. The van der Waals surface area contributed by atoms with Gasteiger partial charge < -0.3 is 9.84 Å². The smallest absolute Gasteiger partial charge is 0.241 e. The van der Waals surface area contributed by atoms with Crippen LogP contribution in [0.4, 0.5) is 0 Å². The molecule has 2 N–H and O–H groups in total. The molecule has 1 aliphatic rings. The maximum absolute atomic E-state index is 12.5. The second-order valence-electron chi connectivity index (χ2n) is 5.28. The zero-order chi connectivity index (χ0) is 15.5.